The van der Waals surface area contributed by atoms with Crippen LogP contribution in [0.15, 0.2) is 33.1 Å². The highest BCUT2D eigenvalue weighted by atomic mass is 32.2. The Bertz CT molecular complexity index is 1120. The van der Waals surface area contributed by atoms with Crippen LogP contribution in [0.5, 0.6) is 0 Å². The summed E-state index contributed by atoms with van der Waals surface area (Å²) in [5.74, 6) is 0.0453. The third-order valence-electron chi connectivity index (χ3n) is 5.23. The fraction of sp³-hybridized carbons (Fsp3) is 0.429. The van der Waals surface area contributed by atoms with Crippen LogP contribution in [0.2, 0.25) is 0 Å². The van der Waals surface area contributed by atoms with Crippen molar-refractivity contribution in [2.75, 3.05) is 4.90 Å². The van der Waals surface area contributed by atoms with E-state index >= 15 is 0 Å². The van der Waals surface area contributed by atoms with Gasteiger partial charge in [-0.2, -0.15) is 5.26 Å². The summed E-state index contributed by atoms with van der Waals surface area (Å²) in [7, 11) is 0. The molecule has 0 amide bonds. The van der Waals surface area contributed by atoms with Crippen LogP contribution in [0.1, 0.15) is 54.3 Å². The highest BCUT2D eigenvalue weighted by Gasteiger charge is 2.42. The molecule has 0 saturated carbocycles. The number of nitrogens with two attached hydrogens (primary N) is 1. The second-order valence-electron chi connectivity index (χ2n) is 7.70. The van der Waals surface area contributed by atoms with Crippen molar-refractivity contribution in [2.24, 2.45) is 5.73 Å². The van der Waals surface area contributed by atoms with Crippen molar-refractivity contribution in [3.05, 3.63) is 44.0 Å². The summed E-state index contributed by atoms with van der Waals surface area (Å²) in [6, 6.07) is 4.40. The molecule has 6 nitrogen and oxygen atoms in total. The van der Waals surface area contributed by atoms with Crippen LogP contribution in [0.3, 0.4) is 0 Å². The molecule has 9 heteroatoms. The largest absolute Gasteiger partial charge is 0.384 e. The number of anilines is 1. The first-order valence-corrected chi connectivity index (χ1v) is 12.4. The molecule has 1 aliphatic heterocycles. The highest BCUT2D eigenvalue weighted by molar-refractivity contribution is 8.01. The van der Waals surface area contributed by atoms with Crippen LogP contribution in [-0.2, 0) is 4.79 Å². The Labute approximate surface area is 188 Å². The number of nitriles is 1. The molecule has 3 heterocycles. The van der Waals surface area contributed by atoms with Crippen molar-refractivity contribution in [3.63, 3.8) is 0 Å². The van der Waals surface area contributed by atoms with E-state index in [-0.39, 0.29) is 5.78 Å². The van der Waals surface area contributed by atoms with Gasteiger partial charge in [0.25, 0.3) is 0 Å². The quantitative estimate of drug-likeness (QED) is 0.644. The number of hydrogen-bond donors (Lipinski definition) is 1. The van der Waals surface area contributed by atoms with E-state index in [4.69, 9.17) is 5.73 Å². The minimum atomic E-state index is -0.406. The first-order chi connectivity index (χ1) is 14.3. The zero-order chi connectivity index (χ0) is 21.6. The molecule has 0 fully saturated rings. The van der Waals surface area contributed by atoms with Crippen LogP contribution in [0.25, 0.3) is 0 Å². The van der Waals surface area contributed by atoms with E-state index in [1.54, 1.807) is 28.0 Å². The molecule has 1 atom stereocenters. The molecule has 4 rings (SSSR count). The average molecular weight is 458 g/mol. The smallest absolute Gasteiger partial charge is 0.219 e. The zero-order valence-electron chi connectivity index (χ0n) is 17.4. The number of rotatable bonds is 4. The Kier molecular flexibility index (Phi) is 5.75. The van der Waals surface area contributed by atoms with E-state index in [1.807, 2.05) is 13.8 Å². The average Bonchev–Trinajstić information content (AvgIpc) is 3.26. The molecule has 2 aromatic rings. The van der Waals surface area contributed by atoms with Crippen molar-refractivity contribution in [3.8, 4) is 6.07 Å². The molecule has 2 N–H and O–H groups in total. The first-order valence-electron chi connectivity index (χ1n) is 9.85. The lowest BCUT2D eigenvalue weighted by molar-refractivity contribution is -0.116. The van der Waals surface area contributed by atoms with Crippen molar-refractivity contribution in [1.29, 1.82) is 5.26 Å². The van der Waals surface area contributed by atoms with Crippen LogP contribution in [0.4, 0.5) is 5.13 Å². The Morgan fingerprint density at radius 2 is 2.07 bits per heavy atom. The van der Waals surface area contributed by atoms with Gasteiger partial charge in [-0.15, -0.1) is 21.5 Å². The number of aromatic nitrogens is 2. The maximum absolute atomic E-state index is 13.1. The van der Waals surface area contributed by atoms with Gasteiger partial charge in [-0.25, -0.2) is 0 Å². The second kappa shape index (κ2) is 8.17. The third-order valence-corrected chi connectivity index (χ3v) is 8.21. The summed E-state index contributed by atoms with van der Waals surface area (Å²) in [5.41, 5.74) is 9.57. The molecule has 0 aromatic carbocycles. The number of aryl methyl sites for hydroxylation is 2. The molecule has 2 aliphatic rings. The number of carbonyl (C=O) groups is 1. The zero-order valence-corrected chi connectivity index (χ0v) is 19.8. The summed E-state index contributed by atoms with van der Waals surface area (Å²) < 4.78 is 0.849. The standard InChI is InChI=1S/C21H23N5OS3/c1-10(2)28-21-25-24-20(30-21)26-15-6-5-7-16(27)18(15)17(14(9-22)19(26)23)13-8-11(3)29-12(13)4/h8,10,17H,5-7,23H2,1-4H3. The van der Waals surface area contributed by atoms with Gasteiger partial charge in [0.05, 0.1) is 17.6 Å². The molecule has 0 bridgehead atoms. The van der Waals surface area contributed by atoms with Crippen LogP contribution < -0.4 is 10.6 Å². The first kappa shape index (κ1) is 21.1. The molecular weight excluding hydrogens is 434 g/mol. The molecular formula is C21H23N5OS3. The number of nitrogens with zero attached hydrogens (tertiary/aromatic N) is 4. The number of carbonyl (C=O) groups excluding carboxylic acids is 1. The second-order valence-corrected chi connectivity index (χ2v) is 11.9. The summed E-state index contributed by atoms with van der Waals surface area (Å²) in [6.07, 6.45) is 1.99. The van der Waals surface area contributed by atoms with Crippen molar-refractivity contribution < 1.29 is 4.79 Å². The highest BCUT2D eigenvalue weighted by Crippen LogP contribution is 2.48. The number of hydrogen-bond acceptors (Lipinski definition) is 9. The molecule has 1 aliphatic carbocycles. The predicted molar refractivity (Wildman–Crippen MR) is 123 cm³/mol. The third kappa shape index (κ3) is 3.57. The lowest BCUT2D eigenvalue weighted by atomic mass is 9.76. The summed E-state index contributed by atoms with van der Waals surface area (Å²) >= 11 is 4.76. The molecule has 1 unspecified atom stereocenters. The Hall–Kier alpha value is -2.15. The summed E-state index contributed by atoms with van der Waals surface area (Å²) in [6.45, 7) is 8.29. The lowest BCUT2D eigenvalue weighted by Crippen LogP contribution is -2.38. The SMILES string of the molecule is Cc1cc(C2C(C#N)=C(N)N(c3nnc(SC(C)C)s3)C3=C2C(=O)CCC3)c(C)s1. The molecule has 0 radical (unpaired) electrons. The Morgan fingerprint density at radius 1 is 1.30 bits per heavy atom. The number of Topliss-reactive ketones (excluding diaryl/α,β-unsaturated/α-hetero) is 1. The fourth-order valence-corrected chi connectivity index (χ4v) is 7.16. The van der Waals surface area contributed by atoms with Gasteiger partial charge in [-0.05, 0) is 38.3 Å². The van der Waals surface area contributed by atoms with Gasteiger partial charge in [0.1, 0.15) is 5.82 Å². The van der Waals surface area contributed by atoms with E-state index in [0.717, 1.165) is 38.2 Å². The van der Waals surface area contributed by atoms with Crippen LogP contribution in [0, 0.1) is 25.2 Å². The van der Waals surface area contributed by atoms with Gasteiger partial charge >= 0.3 is 0 Å². The molecule has 0 saturated heterocycles. The topological polar surface area (TPSA) is 95.9 Å². The van der Waals surface area contributed by atoms with Gasteiger partial charge < -0.3 is 5.73 Å². The van der Waals surface area contributed by atoms with E-state index < -0.39 is 5.92 Å². The molecule has 156 valence electrons. The van der Waals surface area contributed by atoms with Crippen molar-refractivity contribution in [1.82, 2.24) is 10.2 Å². The number of allylic oxidation sites excluding steroid dienone is 3. The van der Waals surface area contributed by atoms with E-state index in [0.29, 0.717) is 33.8 Å². The fourth-order valence-electron chi connectivity index (χ4n) is 4.10. The van der Waals surface area contributed by atoms with Crippen molar-refractivity contribution >= 4 is 45.4 Å². The lowest BCUT2D eigenvalue weighted by Gasteiger charge is -2.38. The normalized spacial score (nSPS) is 19.5. The van der Waals surface area contributed by atoms with Gasteiger partial charge in [0.15, 0.2) is 10.1 Å². The molecule has 30 heavy (non-hydrogen) atoms. The molecule has 2 aromatic heterocycles. The van der Waals surface area contributed by atoms with Gasteiger partial charge in [0, 0.05) is 32.7 Å². The Balaban J connectivity index is 1.90. The Morgan fingerprint density at radius 3 is 2.70 bits per heavy atom. The monoisotopic (exact) mass is 457 g/mol. The van der Waals surface area contributed by atoms with Crippen LogP contribution >= 0.6 is 34.4 Å². The number of thiophene rings is 1. The maximum Gasteiger partial charge on any atom is 0.219 e. The van der Waals surface area contributed by atoms with Crippen LogP contribution in [-0.4, -0.2) is 21.2 Å². The van der Waals surface area contributed by atoms with E-state index in [1.165, 1.54) is 11.3 Å². The minimum absolute atomic E-state index is 0.0936. The van der Waals surface area contributed by atoms with Gasteiger partial charge in [-0.1, -0.05) is 36.9 Å². The summed E-state index contributed by atoms with van der Waals surface area (Å²) in [4.78, 5) is 17.2. The van der Waals surface area contributed by atoms with Gasteiger partial charge in [-0.3, -0.25) is 9.69 Å². The predicted octanol–water partition coefficient (Wildman–Crippen LogP) is 5.02. The molecule has 0 spiro atoms. The maximum atomic E-state index is 13.1. The number of thioether (sulfide) groups is 1. The van der Waals surface area contributed by atoms with Crippen molar-refractivity contribution in [2.45, 2.75) is 62.5 Å². The van der Waals surface area contributed by atoms with E-state index in [2.05, 4.69) is 36.2 Å². The minimum Gasteiger partial charge on any atom is -0.384 e. The summed E-state index contributed by atoms with van der Waals surface area (Å²) in [5, 5.41) is 19.7. The van der Waals surface area contributed by atoms with E-state index in [9.17, 15) is 10.1 Å². The van der Waals surface area contributed by atoms with Gasteiger partial charge in [0.2, 0.25) is 5.13 Å². The number of ketones is 1.